The number of para-hydroxylation sites is 1. The van der Waals surface area contributed by atoms with Crippen molar-refractivity contribution in [1.82, 2.24) is 0 Å². The molecule has 0 bridgehead atoms. The molecule has 4 heteroatoms. The van der Waals surface area contributed by atoms with E-state index in [1.54, 1.807) is 7.11 Å². The summed E-state index contributed by atoms with van der Waals surface area (Å²) >= 11 is 0. The van der Waals surface area contributed by atoms with Gasteiger partial charge in [0.15, 0.2) is 0 Å². The monoisotopic (exact) mass is 237 g/mol. The first kappa shape index (κ1) is 13.5. The van der Waals surface area contributed by atoms with E-state index >= 15 is 0 Å². The molecule has 17 heavy (non-hydrogen) atoms. The molecule has 0 fully saturated rings. The van der Waals surface area contributed by atoms with E-state index in [9.17, 15) is 4.79 Å². The number of hydrogen-bond donors (Lipinski definition) is 1. The second-order valence-electron chi connectivity index (χ2n) is 3.87. The van der Waals surface area contributed by atoms with Crippen LogP contribution >= 0.6 is 0 Å². The average molecular weight is 237 g/mol. The SMILES string of the molecule is CCC(COC)N(CC(=O)O)c1ccccc1. The molecule has 1 N–H and O–H groups in total. The van der Waals surface area contributed by atoms with Gasteiger partial charge in [0.25, 0.3) is 0 Å². The molecule has 1 atom stereocenters. The van der Waals surface area contributed by atoms with Gasteiger partial charge in [-0.1, -0.05) is 25.1 Å². The summed E-state index contributed by atoms with van der Waals surface area (Å²) in [5.41, 5.74) is 0.916. The summed E-state index contributed by atoms with van der Waals surface area (Å²) in [4.78, 5) is 12.8. The lowest BCUT2D eigenvalue weighted by Crippen LogP contribution is -2.41. The fourth-order valence-corrected chi connectivity index (χ4v) is 1.82. The van der Waals surface area contributed by atoms with Crippen molar-refractivity contribution in [2.45, 2.75) is 19.4 Å². The number of nitrogens with zero attached hydrogens (tertiary/aromatic N) is 1. The Labute approximate surface area is 102 Å². The molecule has 0 spiro atoms. The number of ether oxygens (including phenoxy) is 1. The Morgan fingerprint density at radius 3 is 2.53 bits per heavy atom. The third kappa shape index (κ3) is 4.07. The Bertz CT molecular complexity index is 340. The zero-order chi connectivity index (χ0) is 12.7. The van der Waals surface area contributed by atoms with Gasteiger partial charge in [0, 0.05) is 12.8 Å². The molecular formula is C13H19NO3. The van der Waals surface area contributed by atoms with Crippen molar-refractivity contribution in [2.24, 2.45) is 0 Å². The maximum Gasteiger partial charge on any atom is 0.323 e. The second-order valence-corrected chi connectivity index (χ2v) is 3.87. The van der Waals surface area contributed by atoms with Gasteiger partial charge in [-0.05, 0) is 18.6 Å². The summed E-state index contributed by atoms with van der Waals surface area (Å²) in [6.45, 7) is 2.55. The van der Waals surface area contributed by atoms with Crippen LogP contribution in [0.1, 0.15) is 13.3 Å². The summed E-state index contributed by atoms with van der Waals surface area (Å²) in [6, 6.07) is 9.65. The van der Waals surface area contributed by atoms with Crippen LogP contribution < -0.4 is 4.90 Å². The molecule has 0 aromatic heterocycles. The molecule has 0 aliphatic rings. The van der Waals surface area contributed by atoms with Gasteiger partial charge in [0.1, 0.15) is 6.54 Å². The van der Waals surface area contributed by atoms with Crippen molar-refractivity contribution in [3.8, 4) is 0 Å². The molecule has 94 valence electrons. The van der Waals surface area contributed by atoms with E-state index in [-0.39, 0.29) is 12.6 Å². The van der Waals surface area contributed by atoms with Crippen LogP contribution in [-0.4, -0.2) is 37.4 Å². The van der Waals surface area contributed by atoms with Crippen LogP contribution in [0.3, 0.4) is 0 Å². The number of methoxy groups -OCH3 is 1. The van der Waals surface area contributed by atoms with Gasteiger partial charge < -0.3 is 14.7 Å². The number of hydrogen-bond acceptors (Lipinski definition) is 3. The van der Waals surface area contributed by atoms with Crippen molar-refractivity contribution in [2.75, 3.05) is 25.2 Å². The van der Waals surface area contributed by atoms with Gasteiger partial charge in [0.05, 0.1) is 12.6 Å². The second kappa shape index (κ2) is 6.91. The lowest BCUT2D eigenvalue weighted by molar-refractivity contribution is -0.135. The lowest BCUT2D eigenvalue weighted by atomic mass is 10.1. The highest BCUT2D eigenvalue weighted by molar-refractivity contribution is 5.74. The quantitative estimate of drug-likeness (QED) is 0.788. The zero-order valence-electron chi connectivity index (χ0n) is 10.3. The molecule has 0 saturated heterocycles. The zero-order valence-corrected chi connectivity index (χ0v) is 10.3. The van der Waals surface area contributed by atoms with Gasteiger partial charge in [-0.2, -0.15) is 0 Å². The van der Waals surface area contributed by atoms with E-state index < -0.39 is 5.97 Å². The van der Waals surface area contributed by atoms with Crippen LogP contribution in [0, 0.1) is 0 Å². The van der Waals surface area contributed by atoms with Gasteiger partial charge in [0.2, 0.25) is 0 Å². The third-order valence-electron chi connectivity index (χ3n) is 2.66. The van der Waals surface area contributed by atoms with Crippen molar-refractivity contribution in [3.63, 3.8) is 0 Å². The molecule has 1 aromatic rings. The number of carbonyl (C=O) groups is 1. The maximum absolute atomic E-state index is 10.9. The Morgan fingerprint density at radius 2 is 2.06 bits per heavy atom. The third-order valence-corrected chi connectivity index (χ3v) is 2.66. The molecule has 0 saturated carbocycles. The Morgan fingerprint density at radius 1 is 1.41 bits per heavy atom. The van der Waals surface area contributed by atoms with E-state index in [0.717, 1.165) is 12.1 Å². The Balaban J connectivity index is 2.89. The summed E-state index contributed by atoms with van der Waals surface area (Å²) in [5, 5.41) is 8.98. The van der Waals surface area contributed by atoms with Crippen LogP contribution in [0.15, 0.2) is 30.3 Å². The fraction of sp³-hybridized carbons (Fsp3) is 0.462. The first-order valence-corrected chi connectivity index (χ1v) is 5.71. The highest BCUT2D eigenvalue weighted by Crippen LogP contribution is 2.18. The van der Waals surface area contributed by atoms with Gasteiger partial charge in [-0.25, -0.2) is 0 Å². The minimum absolute atomic E-state index is 0.00806. The minimum Gasteiger partial charge on any atom is -0.480 e. The van der Waals surface area contributed by atoms with Crippen LogP contribution in [0.5, 0.6) is 0 Å². The maximum atomic E-state index is 10.9. The van der Waals surface area contributed by atoms with Crippen molar-refractivity contribution in [3.05, 3.63) is 30.3 Å². The van der Waals surface area contributed by atoms with E-state index in [4.69, 9.17) is 9.84 Å². The van der Waals surface area contributed by atoms with Gasteiger partial charge >= 0.3 is 5.97 Å². The molecule has 4 nitrogen and oxygen atoms in total. The fourth-order valence-electron chi connectivity index (χ4n) is 1.82. The summed E-state index contributed by atoms with van der Waals surface area (Å²) in [7, 11) is 1.63. The number of benzene rings is 1. The molecule has 1 rings (SSSR count). The van der Waals surface area contributed by atoms with E-state index in [1.165, 1.54) is 0 Å². The molecule has 1 aromatic carbocycles. The van der Waals surface area contributed by atoms with Crippen molar-refractivity contribution in [1.29, 1.82) is 0 Å². The van der Waals surface area contributed by atoms with Crippen molar-refractivity contribution < 1.29 is 14.6 Å². The number of rotatable bonds is 7. The number of anilines is 1. The first-order chi connectivity index (χ1) is 8.19. The van der Waals surface area contributed by atoms with Crippen molar-refractivity contribution >= 4 is 11.7 Å². The van der Waals surface area contributed by atoms with Gasteiger partial charge in [-0.15, -0.1) is 0 Å². The first-order valence-electron chi connectivity index (χ1n) is 5.71. The standard InChI is InChI=1S/C13H19NO3/c1-3-11(10-17-2)14(9-13(15)16)12-7-5-4-6-8-12/h4-8,11H,3,9-10H2,1-2H3,(H,15,16). The van der Waals surface area contributed by atoms with Crippen LogP contribution in [-0.2, 0) is 9.53 Å². The lowest BCUT2D eigenvalue weighted by Gasteiger charge is -2.31. The smallest absolute Gasteiger partial charge is 0.323 e. The molecular weight excluding hydrogens is 218 g/mol. The molecule has 0 aliphatic heterocycles. The van der Waals surface area contributed by atoms with Crippen LogP contribution in [0.4, 0.5) is 5.69 Å². The normalized spacial score (nSPS) is 12.1. The summed E-state index contributed by atoms with van der Waals surface area (Å²) in [6.07, 6.45) is 0.843. The summed E-state index contributed by atoms with van der Waals surface area (Å²) < 4.78 is 5.14. The molecule has 0 aliphatic carbocycles. The molecule has 0 amide bonds. The van der Waals surface area contributed by atoms with E-state index in [2.05, 4.69) is 0 Å². The summed E-state index contributed by atoms with van der Waals surface area (Å²) in [5.74, 6) is -0.830. The van der Waals surface area contributed by atoms with E-state index in [0.29, 0.717) is 6.61 Å². The largest absolute Gasteiger partial charge is 0.480 e. The predicted molar refractivity (Wildman–Crippen MR) is 67.4 cm³/mol. The van der Waals surface area contributed by atoms with Crippen LogP contribution in [0.25, 0.3) is 0 Å². The molecule has 1 unspecified atom stereocenters. The number of aliphatic carboxylic acids is 1. The minimum atomic E-state index is -0.830. The topological polar surface area (TPSA) is 49.8 Å². The number of carboxylic acid groups (broad SMARTS) is 1. The van der Waals surface area contributed by atoms with Crippen LogP contribution in [0.2, 0.25) is 0 Å². The molecule has 0 radical (unpaired) electrons. The molecule has 0 heterocycles. The Hall–Kier alpha value is -1.55. The highest BCUT2D eigenvalue weighted by Gasteiger charge is 2.19. The average Bonchev–Trinajstić information content (AvgIpc) is 2.34. The van der Waals surface area contributed by atoms with E-state index in [1.807, 2.05) is 42.2 Å². The van der Waals surface area contributed by atoms with Gasteiger partial charge in [-0.3, -0.25) is 4.79 Å². The Kier molecular flexibility index (Phi) is 5.49. The highest BCUT2D eigenvalue weighted by atomic mass is 16.5. The predicted octanol–water partition coefficient (Wildman–Crippen LogP) is 2.00. The number of carboxylic acids is 1.